The predicted molar refractivity (Wildman–Crippen MR) is 69.3 cm³/mol. The molecule has 6 heteroatoms. The van der Waals surface area contributed by atoms with Gasteiger partial charge in [-0.05, 0) is 24.4 Å². The van der Waals surface area contributed by atoms with Gasteiger partial charge in [0.1, 0.15) is 6.61 Å². The molecule has 0 fully saturated rings. The van der Waals surface area contributed by atoms with Crippen molar-refractivity contribution in [1.82, 2.24) is 0 Å². The van der Waals surface area contributed by atoms with E-state index in [2.05, 4.69) is 0 Å². The van der Waals surface area contributed by atoms with Gasteiger partial charge >= 0.3 is 0 Å². The van der Waals surface area contributed by atoms with Gasteiger partial charge < -0.3 is 4.74 Å². The summed E-state index contributed by atoms with van der Waals surface area (Å²) in [6.07, 6.45) is 0. The quantitative estimate of drug-likeness (QED) is 0.473. The maximum Gasteiger partial charge on any atom is 0.270 e. The van der Waals surface area contributed by atoms with Crippen molar-refractivity contribution in [2.24, 2.45) is 0 Å². The van der Waals surface area contributed by atoms with Crippen molar-refractivity contribution < 1.29 is 14.5 Å². The van der Waals surface area contributed by atoms with Crippen molar-refractivity contribution in [3.8, 4) is 0 Å². The van der Waals surface area contributed by atoms with Crippen LogP contribution in [0.3, 0.4) is 0 Å². The van der Waals surface area contributed by atoms with Crippen molar-refractivity contribution >= 4 is 32.9 Å². The molecule has 2 aromatic rings. The van der Waals surface area contributed by atoms with Crippen LogP contribution in [-0.2, 0) is 4.74 Å². The molecule has 1 aromatic carbocycles. The summed E-state index contributed by atoms with van der Waals surface area (Å²) in [5, 5.41) is 11.4. The molecule has 0 aliphatic heterocycles. The minimum absolute atomic E-state index is 0.0316. The van der Waals surface area contributed by atoms with Gasteiger partial charge in [0.25, 0.3) is 5.69 Å². The predicted octanol–water partition coefficient (Wildman–Crippen LogP) is 3.03. The summed E-state index contributed by atoms with van der Waals surface area (Å²) in [5.74, 6) is -0.0966. The molecule has 0 amide bonds. The summed E-state index contributed by atoms with van der Waals surface area (Å²) in [4.78, 5) is 22.5. The van der Waals surface area contributed by atoms with Gasteiger partial charge in [0.15, 0.2) is 5.78 Å². The Bertz CT molecular complexity index is 605. The van der Waals surface area contributed by atoms with Crippen molar-refractivity contribution in [3.05, 3.63) is 39.3 Å². The maximum atomic E-state index is 11.7. The van der Waals surface area contributed by atoms with Crippen LogP contribution in [0.25, 0.3) is 10.1 Å². The van der Waals surface area contributed by atoms with E-state index in [9.17, 15) is 14.9 Å². The van der Waals surface area contributed by atoms with E-state index < -0.39 is 4.92 Å². The fourth-order valence-electron chi connectivity index (χ4n) is 1.55. The lowest BCUT2D eigenvalue weighted by atomic mass is 10.2. The molecule has 2 rings (SSSR count). The van der Waals surface area contributed by atoms with Gasteiger partial charge in [0, 0.05) is 23.4 Å². The van der Waals surface area contributed by atoms with Gasteiger partial charge in [-0.1, -0.05) is 0 Å². The monoisotopic (exact) mass is 265 g/mol. The van der Waals surface area contributed by atoms with E-state index in [1.807, 2.05) is 6.92 Å². The highest BCUT2D eigenvalue weighted by Crippen LogP contribution is 2.29. The number of nitro benzene ring substituents is 1. The number of hydrogen-bond donors (Lipinski definition) is 0. The number of ketones is 1. The van der Waals surface area contributed by atoms with Crippen molar-refractivity contribution in [2.75, 3.05) is 13.2 Å². The number of nitro groups is 1. The molecule has 0 atom stereocenters. The van der Waals surface area contributed by atoms with Crippen LogP contribution in [0, 0.1) is 10.1 Å². The van der Waals surface area contributed by atoms with Crippen molar-refractivity contribution in [1.29, 1.82) is 0 Å². The third kappa shape index (κ3) is 2.55. The van der Waals surface area contributed by atoms with E-state index in [1.54, 1.807) is 12.1 Å². The number of nitrogens with zero attached hydrogens (tertiary/aromatic N) is 1. The third-order valence-electron chi connectivity index (χ3n) is 2.42. The van der Waals surface area contributed by atoms with E-state index in [0.29, 0.717) is 16.9 Å². The number of rotatable bonds is 5. The number of non-ortho nitro benzene ring substituents is 1. The summed E-state index contributed by atoms with van der Waals surface area (Å²) in [5.41, 5.74) is 0.0316. The molecule has 0 saturated heterocycles. The highest BCUT2D eigenvalue weighted by atomic mass is 32.1. The topological polar surface area (TPSA) is 69.4 Å². The normalized spacial score (nSPS) is 10.7. The lowest BCUT2D eigenvalue weighted by Crippen LogP contribution is -2.06. The molecular formula is C12H11NO4S. The fraction of sp³-hybridized carbons (Fsp3) is 0.250. The molecule has 1 aromatic heterocycles. The van der Waals surface area contributed by atoms with Crippen LogP contribution in [0.5, 0.6) is 0 Å². The summed E-state index contributed by atoms with van der Waals surface area (Å²) in [6, 6.07) is 6.25. The van der Waals surface area contributed by atoms with Crippen LogP contribution < -0.4 is 0 Å². The number of fused-ring (bicyclic) bond motifs is 1. The van der Waals surface area contributed by atoms with E-state index in [4.69, 9.17) is 4.74 Å². The average molecular weight is 265 g/mol. The van der Waals surface area contributed by atoms with Crippen LogP contribution in [0.2, 0.25) is 0 Å². The second-order valence-corrected chi connectivity index (χ2v) is 4.73. The first-order valence-electron chi connectivity index (χ1n) is 5.40. The van der Waals surface area contributed by atoms with Gasteiger partial charge in [-0.3, -0.25) is 14.9 Å². The first kappa shape index (κ1) is 12.7. The number of carbonyl (C=O) groups is 1. The molecule has 0 unspecified atom stereocenters. The Morgan fingerprint density at radius 2 is 2.22 bits per heavy atom. The summed E-state index contributed by atoms with van der Waals surface area (Å²) in [7, 11) is 0. The molecule has 0 aliphatic rings. The van der Waals surface area contributed by atoms with Crippen LogP contribution in [-0.4, -0.2) is 23.9 Å². The maximum absolute atomic E-state index is 11.7. The number of ether oxygens (including phenoxy) is 1. The van der Waals surface area contributed by atoms with E-state index >= 15 is 0 Å². The number of hydrogen-bond acceptors (Lipinski definition) is 5. The van der Waals surface area contributed by atoms with Crippen LogP contribution >= 0.6 is 11.3 Å². The first-order chi connectivity index (χ1) is 8.61. The number of thiophene rings is 1. The third-order valence-corrected chi connectivity index (χ3v) is 3.58. The average Bonchev–Trinajstić information content (AvgIpc) is 2.78. The van der Waals surface area contributed by atoms with E-state index in [-0.39, 0.29) is 18.1 Å². The highest BCUT2D eigenvalue weighted by Gasteiger charge is 2.13. The Morgan fingerprint density at radius 3 is 2.89 bits per heavy atom. The van der Waals surface area contributed by atoms with Crippen LogP contribution in [0.1, 0.15) is 16.6 Å². The molecule has 0 N–H and O–H groups in total. The Hall–Kier alpha value is -1.79. The van der Waals surface area contributed by atoms with Crippen LogP contribution in [0.15, 0.2) is 24.3 Å². The Morgan fingerprint density at radius 1 is 1.44 bits per heavy atom. The lowest BCUT2D eigenvalue weighted by Gasteiger charge is -1.96. The molecule has 18 heavy (non-hydrogen) atoms. The molecule has 0 spiro atoms. The van der Waals surface area contributed by atoms with Gasteiger partial charge in [-0.2, -0.15) is 0 Å². The molecule has 0 aliphatic carbocycles. The molecule has 1 heterocycles. The van der Waals surface area contributed by atoms with E-state index in [1.165, 1.54) is 23.5 Å². The zero-order valence-corrected chi connectivity index (χ0v) is 10.5. The molecule has 0 saturated carbocycles. The smallest absolute Gasteiger partial charge is 0.270 e. The number of benzene rings is 1. The minimum atomic E-state index is -0.446. The zero-order valence-electron chi connectivity index (χ0n) is 9.71. The molecule has 5 nitrogen and oxygen atoms in total. The van der Waals surface area contributed by atoms with E-state index in [0.717, 1.165) is 4.70 Å². The lowest BCUT2D eigenvalue weighted by molar-refractivity contribution is -0.384. The Balaban J connectivity index is 2.32. The van der Waals surface area contributed by atoms with Crippen LogP contribution in [0.4, 0.5) is 5.69 Å². The van der Waals surface area contributed by atoms with Gasteiger partial charge in [0.2, 0.25) is 0 Å². The largest absolute Gasteiger partial charge is 0.374 e. The number of carbonyl (C=O) groups excluding carboxylic acids is 1. The van der Waals surface area contributed by atoms with Gasteiger partial charge in [-0.25, -0.2) is 0 Å². The zero-order chi connectivity index (χ0) is 13.1. The van der Waals surface area contributed by atoms with Gasteiger partial charge in [-0.15, -0.1) is 11.3 Å². The SMILES string of the molecule is CCOCC(=O)c1cc2cc([N+](=O)[O-])ccc2s1. The second kappa shape index (κ2) is 5.24. The molecule has 94 valence electrons. The van der Waals surface area contributed by atoms with Crippen molar-refractivity contribution in [2.45, 2.75) is 6.92 Å². The fourth-order valence-corrected chi connectivity index (χ4v) is 2.51. The molecule has 0 radical (unpaired) electrons. The first-order valence-corrected chi connectivity index (χ1v) is 6.22. The van der Waals surface area contributed by atoms with Gasteiger partial charge in [0.05, 0.1) is 9.80 Å². The molecular weight excluding hydrogens is 254 g/mol. The second-order valence-electron chi connectivity index (χ2n) is 3.65. The minimum Gasteiger partial charge on any atom is -0.374 e. The standard InChI is InChI=1S/C12H11NO4S/c1-2-17-7-10(14)12-6-8-5-9(13(15)16)3-4-11(8)18-12/h3-6H,2,7H2,1H3. The summed E-state index contributed by atoms with van der Waals surface area (Å²) < 4.78 is 5.92. The highest BCUT2D eigenvalue weighted by molar-refractivity contribution is 7.20. The van der Waals surface area contributed by atoms with Crippen molar-refractivity contribution in [3.63, 3.8) is 0 Å². The summed E-state index contributed by atoms with van der Waals surface area (Å²) in [6.45, 7) is 2.36. The summed E-state index contributed by atoms with van der Waals surface area (Å²) >= 11 is 1.32. The Labute approximate surface area is 107 Å². The molecule has 0 bridgehead atoms. The number of Topliss-reactive ketones (excluding diaryl/α,β-unsaturated/α-hetero) is 1. The Kier molecular flexibility index (Phi) is 3.69.